The molecule has 4 N–H and O–H groups in total. The van der Waals surface area contributed by atoms with Gasteiger partial charge in [0, 0.05) is 18.2 Å². The number of carboxylic acids is 2. The smallest absolute Gasteiger partial charge is 0.328 e. The van der Waals surface area contributed by atoms with Crippen LogP contribution in [0.3, 0.4) is 0 Å². The standard InChI is InChI=1S/C6H15N.C4H4O4/c1-5(2)4-6(3)7;5-3(6)1-2-4(7)8/h5-6H,4,7H2,1-3H3;1-2H,(H,5,6)(H,7,8)/b;2-1+. The van der Waals surface area contributed by atoms with E-state index in [9.17, 15) is 9.59 Å². The second-order valence-corrected chi connectivity index (χ2v) is 3.62. The summed E-state index contributed by atoms with van der Waals surface area (Å²) in [5.41, 5.74) is 5.49. The van der Waals surface area contributed by atoms with E-state index in [2.05, 4.69) is 13.8 Å². The van der Waals surface area contributed by atoms with Crippen LogP contribution in [0, 0.1) is 5.92 Å². The molecule has 1 atom stereocenters. The molecule has 5 nitrogen and oxygen atoms in total. The number of hydrogen-bond acceptors (Lipinski definition) is 3. The van der Waals surface area contributed by atoms with Gasteiger partial charge in [-0.25, -0.2) is 9.59 Å². The third kappa shape index (κ3) is 24.5. The Morgan fingerprint density at radius 1 is 1.13 bits per heavy atom. The van der Waals surface area contributed by atoms with Gasteiger partial charge in [-0.3, -0.25) is 0 Å². The fourth-order valence-electron chi connectivity index (χ4n) is 0.886. The summed E-state index contributed by atoms with van der Waals surface area (Å²) in [6, 6.07) is 0.375. The Bertz CT molecular complexity index is 199. The van der Waals surface area contributed by atoms with Crippen molar-refractivity contribution >= 4 is 11.9 Å². The number of carbonyl (C=O) groups is 2. The van der Waals surface area contributed by atoms with E-state index >= 15 is 0 Å². The summed E-state index contributed by atoms with van der Waals surface area (Å²) in [4.78, 5) is 19.1. The van der Waals surface area contributed by atoms with Crippen molar-refractivity contribution in [2.24, 2.45) is 11.7 Å². The zero-order valence-corrected chi connectivity index (χ0v) is 9.30. The molecule has 0 aliphatic rings. The van der Waals surface area contributed by atoms with E-state index in [0.29, 0.717) is 18.2 Å². The molecule has 0 aliphatic carbocycles. The average molecular weight is 217 g/mol. The normalized spacial score (nSPS) is 12.1. The highest BCUT2D eigenvalue weighted by Crippen LogP contribution is 2.00. The lowest BCUT2D eigenvalue weighted by Gasteiger charge is -2.05. The van der Waals surface area contributed by atoms with Crippen LogP contribution in [0.2, 0.25) is 0 Å². The topological polar surface area (TPSA) is 101 Å². The molecule has 1 unspecified atom stereocenters. The molecule has 0 radical (unpaired) electrons. The Balaban J connectivity index is 0. The minimum Gasteiger partial charge on any atom is -0.478 e. The minimum atomic E-state index is -1.26. The molecule has 0 spiro atoms. The van der Waals surface area contributed by atoms with Gasteiger partial charge in [-0.1, -0.05) is 13.8 Å². The molecule has 0 rings (SSSR count). The number of hydrogen-bond donors (Lipinski definition) is 3. The van der Waals surface area contributed by atoms with E-state index in [1.54, 1.807) is 0 Å². The Hall–Kier alpha value is -1.36. The summed E-state index contributed by atoms with van der Waals surface area (Å²) < 4.78 is 0. The van der Waals surface area contributed by atoms with Crippen LogP contribution in [-0.4, -0.2) is 28.2 Å². The van der Waals surface area contributed by atoms with Crippen LogP contribution < -0.4 is 5.73 Å². The van der Waals surface area contributed by atoms with E-state index in [1.165, 1.54) is 0 Å². The maximum Gasteiger partial charge on any atom is 0.328 e. The van der Waals surface area contributed by atoms with Gasteiger partial charge < -0.3 is 15.9 Å². The molecule has 0 aromatic carbocycles. The van der Waals surface area contributed by atoms with E-state index in [1.807, 2.05) is 6.92 Å². The molecule has 0 saturated carbocycles. The second kappa shape index (κ2) is 9.21. The molecule has 0 bridgehead atoms. The van der Waals surface area contributed by atoms with Gasteiger partial charge in [0.05, 0.1) is 0 Å². The van der Waals surface area contributed by atoms with Crippen LogP contribution in [0.25, 0.3) is 0 Å². The van der Waals surface area contributed by atoms with Crippen LogP contribution in [0.4, 0.5) is 0 Å². The van der Waals surface area contributed by atoms with Crippen LogP contribution in [0.15, 0.2) is 12.2 Å². The SMILES string of the molecule is CC(C)CC(C)N.O=C(O)/C=C/C(=O)O. The molecule has 0 aliphatic heterocycles. The Morgan fingerprint density at radius 2 is 1.47 bits per heavy atom. The lowest BCUT2D eigenvalue weighted by molar-refractivity contribution is -0.134. The number of carboxylic acid groups (broad SMARTS) is 2. The van der Waals surface area contributed by atoms with Crippen molar-refractivity contribution in [2.45, 2.75) is 33.2 Å². The Morgan fingerprint density at radius 3 is 1.53 bits per heavy atom. The highest BCUT2D eigenvalue weighted by Gasteiger charge is 1.95. The molecule has 0 aromatic rings. The molecular weight excluding hydrogens is 198 g/mol. The average Bonchev–Trinajstić information content (AvgIpc) is 1.99. The highest BCUT2D eigenvalue weighted by atomic mass is 16.4. The summed E-state index contributed by atoms with van der Waals surface area (Å²) in [5.74, 6) is -1.76. The van der Waals surface area contributed by atoms with Crippen LogP contribution in [-0.2, 0) is 9.59 Å². The zero-order chi connectivity index (χ0) is 12.4. The number of nitrogens with two attached hydrogens (primary N) is 1. The van der Waals surface area contributed by atoms with Crippen molar-refractivity contribution in [1.29, 1.82) is 0 Å². The molecule has 0 heterocycles. The van der Waals surface area contributed by atoms with E-state index in [-0.39, 0.29) is 0 Å². The molecule has 0 amide bonds. The van der Waals surface area contributed by atoms with E-state index < -0.39 is 11.9 Å². The molecular formula is C10H19NO4. The first kappa shape index (κ1) is 16.1. The Labute approximate surface area is 89.6 Å². The van der Waals surface area contributed by atoms with Crippen LogP contribution in [0.1, 0.15) is 27.2 Å². The largest absolute Gasteiger partial charge is 0.478 e. The Kier molecular flexibility index (Phi) is 9.87. The van der Waals surface area contributed by atoms with Crippen molar-refractivity contribution < 1.29 is 19.8 Å². The predicted octanol–water partition coefficient (Wildman–Crippen LogP) is 1.09. The zero-order valence-electron chi connectivity index (χ0n) is 9.30. The van der Waals surface area contributed by atoms with Gasteiger partial charge in [0.25, 0.3) is 0 Å². The van der Waals surface area contributed by atoms with Gasteiger partial charge in [0.2, 0.25) is 0 Å². The summed E-state index contributed by atoms with van der Waals surface area (Å²) in [7, 11) is 0. The number of aliphatic carboxylic acids is 2. The molecule has 0 fully saturated rings. The highest BCUT2D eigenvalue weighted by molar-refractivity contribution is 5.89. The summed E-state index contributed by atoms with van der Waals surface area (Å²) in [5, 5.41) is 15.6. The molecule has 15 heavy (non-hydrogen) atoms. The lowest BCUT2D eigenvalue weighted by atomic mass is 10.1. The lowest BCUT2D eigenvalue weighted by Crippen LogP contribution is -2.16. The minimum absolute atomic E-state index is 0.375. The van der Waals surface area contributed by atoms with Crippen molar-refractivity contribution in [1.82, 2.24) is 0 Å². The summed E-state index contributed by atoms with van der Waals surface area (Å²) >= 11 is 0. The first-order valence-electron chi connectivity index (χ1n) is 4.65. The maximum absolute atomic E-state index is 9.55. The monoisotopic (exact) mass is 217 g/mol. The maximum atomic E-state index is 9.55. The summed E-state index contributed by atoms with van der Waals surface area (Å²) in [6.07, 6.45) is 2.25. The fourth-order valence-corrected chi connectivity index (χ4v) is 0.886. The molecule has 5 heteroatoms. The first-order valence-corrected chi connectivity index (χ1v) is 4.65. The van der Waals surface area contributed by atoms with E-state index in [0.717, 1.165) is 12.3 Å². The van der Waals surface area contributed by atoms with Crippen molar-refractivity contribution in [3.8, 4) is 0 Å². The first-order chi connectivity index (χ1) is 6.75. The van der Waals surface area contributed by atoms with Gasteiger partial charge in [-0.15, -0.1) is 0 Å². The van der Waals surface area contributed by atoms with E-state index in [4.69, 9.17) is 15.9 Å². The third-order valence-corrected chi connectivity index (χ3v) is 1.21. The van der Waals surface area contributed by atoms with Gasteiger partial charge in [0.15, 0.2) is 0 Å². The van der Waals surface area contributed by atoms with Crippen molar-refractivity contribution in [3.05, 3.63) is 12.2 Å². The molecule has 0 aromatic heterocycles. The molecule has 0 saturated heterocycles. The van der Waals surface area contributed by atoms with Gasteiger partial charge >= 0.3 is 11.9 Å². The quantitative estimate of drug-likeness (QED) is 0.612. The van der Waals surface area contributed by atoms with Gasteiger partial charge in [0.1, 0.15) is 0 Å². The number of rotatable bonds is 4. The molecule has 88 valence electrons. The van der Waals surface area contributed by atoms with Gasteiger partial charge in [-0.05, 0) is 19.3 Å². The van der Waals surface area contributed by atoms with Crippen LogP contribution >= 0.6 is 0 Å². The van der Waals surface area contributed by atoms with Crippen LogP contribution in [0.5, 0.6) is 0 Å². The van der Waals surface area contributed by atoms with Crippen molar-refractivity contribution in [2.75, 3.05) is 0 Å². The fraction of sp³-hybridized carbons (Fsp3) is 0.600. The second-order valence-electron chi connectivity index (χ2n) is 3.62. The third-order valence-electron chi connectivity index (χ3n) is 1.21. The summed E-state index contributed by atoms with van der Waals surface area (Å²) in [6.45, 7) is 6.41. The van der Waals surface area contributed by atoms with Crippen molar-refractivity contribution in [3.63, 3.8) is 0 Å². The van der Waals surface area contributed by atoms with Gasteiger partial charge in [-0.2, -0.15) is 0 Å². The predicted molar refractivity (Wildman–Crippen MR) is 57.5 cm³/mol.